The van der Waals surface area contributed by atoms with Gasteiger partial charge in [-0.3, -0.25) is 9.69 Å². The lowest BCUT2D eigenvalue weighted by Gasteiger charge is -2.36. The quantitative estimate of drug-likeness (QED) is 0.778. The average molecular weight is 361 g/mol. The fourth-order valence-corrected chi connectivity index (χ4v) is 3.95. The Morgan fingerprint density at radius 2 is 1.85 bits per heavy atom. The van der Waals surface area contributed by atoms with Gasteiger partial charge < -0.3 is 19.6 Å². The van der Waals surface area contributed by atoms with E-state index in [2.05, 4.69) is 15.9 Å². The Balaban J connectivity index is 1.45. The zero-order chi connectivity index (χ0) is 18.4. The molecule has 2 aliphatic rings. The summed E-state index contributed by atoms with van der Waals surface area (Å²) >= 11 is 0. The first-order chi connectivity index (χ1) is 12.7. The molecule has 0 radical (unpaired) electrons. The van der Waals surface area contributed by atoms with Crippen LogP contribution in [0.15, 0.2) is 24.3 Å². The molecule has 2 heterocycles. The van der Waals surface area contributed by atoms with E-state index >= 15 is 0 Å². The van der Waals surface area contributed by atoms with E-state index in [9.17, 15) is 9.90 Å². The van der Waals surface area contributed by atoms with Gasteiger partial charge in [0.1, 0.15) is 0 Å². The SMILES string of the molecule is COCCN1CC[C@H](C(=O)N2CCN(Cc3ccccc3CO)CC2)C1. The van der Waals surface area contributed by atoms with Gasteiger partial charge in [-0.1, -0.05) is 24.3 Å². The molecule has 6 nitrogen and oxygen atoms in total. The van der Waals surface area contributed by atoms with Crippen molar-refractivity contribution in [3.05, 3.63) is 35.4 Å². The van der Waals surface area contributed by atoms with Gasteiger partial charge in [0.2, 0.25) is 5.91 Å². The van der Waals surface area contributed by atoms with Crippen LogP contribution < -0.4 is 0 Å². The molecule has 0 saturated carbocycles. The van der Waals surface area contributed by atoms with Crippen molar-refractivity contribution < 1.29 is 14.6 Å². The van der Waals surface area contributed by atoms with E-state index in [1.165, 1.54) is 5.56 Å². The van der Waals surface area contributed by atoms with Gasteiger partial charge in [0, 0.05) is 52.9 Å². The molecule has 0 unspecified atom stereocenters. The standard InChI is InChI=1S/C20H31N3O3/c1-26-13-12-21-7-6-18(15-21)20(25)23-10-8-22(9-11-23)14-17-4-2-3-5-19(17)16-24/h2-5,18,24H,6-16H2,1H3/t18-/m0/s1. The molecule has 3 rings (SSSR count). The van der Waals surface area contributed by atoms with Crippen LogP contribution in [-0.2, 0) is 22.7 Å². The molecule has 26 heavy (non-hydrogen) atoms. The number of hydrogen-bond donors (Lipinski definition) is 1. The van der Waals surface area contributed by atoms with Crippen molar-refractivity contribution in [2.45, 2.75) is 19.6 Å². The Morgan fingerprint density at radius 1 is 1.12 bits per heavy atom. The van der Waals surface area contributed by atoms with Gasteiger partial charge in [0.05, 0.1) is 19.1 Å². The fourth-order valence-electron chi connectivity index (χ4n) is 3.95. The first kappa shape index (κ1) is 19.3. The summed E-state index contributed by atoms with van der Waals surface area (Å²) < 4.78 is 5.13. The largest absolute Gasteiger partial charge is 0.392 e. The molecule has 2 aliphatic heterocycles. The summed E-state index contributed by atoms with van der Waals surface area (Å²) in [6.07, 6.45) is 0.965. The van der Waals surface area contributed by atoms with E-state index < -0.39 is 0 Å². The summed E-state index contributed by atoms with van der Waals surface area (Å²) in [6, 6.07) is 8.04. The summed E-state index contributed by atoms with van der Waals surface area (Å²) in [5, 5.41) is 9.48. The number of rotatable bonds is 7. The highest BCUT2D eigenvalue weighted by Gasteiger charge is 2.32. The van der Waals surface area contributed by atoms with E-state index in [-0.39, 0.29) is 12.5 Å². The van der Waals surface area contributed by atoms with Gasteiger partial charge in [0.15, 0.2) is 0 Å². The number of carbonyl (C=O) groups is 1. The third-order valence-corrected chi connectivity index (χ3v) is 5.60. The molecule has 2 saturated heterocycles. The second-order valence-corrected chi connectivity index (χ2v) is 7.31. The molecule has 0 aliphatic carbocycles. The van der Waals surface area contributed by atoms with E-state index in [0.29, 0.717) is 5.91 Å². The molecule has 144 valence electrons. The third kappa shape index (κ3) is 4.82. The predicted octanol–water partition coefficient (Wildman–Crippen LogP) is 0.791. The highest BCUT2D eigenvalue weighted by Crippen LogP contribution is 2.20. The summed E-state index contributed by atoms with van der Waals surface area (Å²) in [7, 11) is 1.72. The minimum Gasteiger partial charge on any atom is -0.392 e. The van der Waals surface area contributed by atoms with Crippen molar-refractivity contribution in [2.24, 2.45) is 5.92 Å². The molecule has 0 aromatic heterocycles. The lowest BCUT2D eigenvalue weighted by atomic mass is 10.1. The van der Waals surface area contributed by atoms with Crippen LogP contribution in [0.5, 0.6) is 0 Å². The van der Waals surface area contributed by atoms with Crippen LogP contribution in [0.4, 0.5) is 0 Å². The molecule has 2 fully saturated rings. The molecule has 0 bridgehead atoms. The zero-order valence-corrected chi connectivity index (χ0v) is 15.8. The van der Waals surface area contributed by atoms with E-state index in [0.717, 1.165) is 70.9 Å². The maximum Gasteiger partial charge on any atom is 0.227 e. The summed E-state index contributed by atoms with van der Waals surface area (Å²) in [6.45, 7) is 7.82. The Morgan fingerprint density at radius 3 is 2.54 bits per heavy atom. The van der Waals surface area contributed by atoms with Crippen molar-refractivity contribution >= 4 is 5.91 Å². The first-order valence-corrected chi connectivity index (χ1v) is 9.61. The topological polar surface area (TPSA) is 56.2 Å². The Labute approximate surface area is 156 Å². The van der Waals surface area contributed by atoms with Crippen LogP contribution in [0.1, 0.15) is 17.5 Å². The van der Waals surface area contributed by atoms with Crippen LogP contribution in [0.25, 0.3) is 0 Å². The smallest absolute Gasteiger partial charge is 0.227 e. The number of aliphatic hydroxyl groups is 1. The number of hydrogen-bond acceptors (Lipinski definition) is 5. The molecule has 1 N–H and O–H groups in total. The predicted molar refractivity (Wildman–Crippen MR) is 101 cm³/mol. The lowest BCUT2D eigenvalue weighted by Crippen LogP contribution is -2.50. The average Bonchev–Trinajstić information content (AvgIpc) is 3.16. The number of ether oxygens (including phenoxy) is 1. The van der Waals surface area contributed by atoms with Crippen molar-refractivity contribution in [2.75, 3.05) is 59.5 Å². The molecule has 1 aromatic rings. The number of benzene rings is 1. The van der Waals surface area contributed by atoms with Gasteiger partial charge in [-0.15, -0.1) is 0 Å². The van der Waals surface area contributed by atoms with Gasteiger partial charge in [-0.2, -0.15) is 0 Å². The van der Waals surface area contributed by atoms with Crippen LogP contribution in [0.2, 0.25) is 0 Å². The molecular weight excluding hydrogens is 330 g/mol. The monoisotopic (exact) mass is 361 g/mol. The van der Waals surface area contributed by atoms with Gasteiger partial charge in [-0.25, -0.2) is 0 Å². The first-order valence-electron chi connectivity index (χ1n) is 9.61. The van der Waals surface area contributed by atoms with Gasteiger partial charge >= 0.3 is 0 Å². The van der Waals surface area contributed by atoms with Crippen LogP contribution >= 0.6 is 0 Å². The molecule has 1 amide bonds. The Hall–Kier alpha value is -1.47. The molecule has 1 atom stereocenters. The van der Waals surface area contributed by atoms with E-state index in [1.807, 2.05) is 23.1 Å². The van der Waals surface area contributed by atoms with Crippen LogP contribution in [0, 0.1) is 5.92 Å². The number of methoxy groups -OCH3 is 1. The van der Waals surface area contributed by atoms with Crippen molar-refractivity contribution in [3.8, 4) is 0 Å². The van der Waals surface area contributed by atoms with Crippen LogP contribution in [-0.4, -0.2) is 85.2 Å². The highest BCUT2D eigenvalue weighted by molar-refractivity contribution is 5.79. The third-order valence-electron chi connectivity index (χ3n) is 5.60. The summed E-state index contributed by atoms with van der Waals surface area (Å²) in [5.74, 6) is 0.467. The van der Waals surface area contributed by atoms with Crippen LogP contribution in [0.3, 0.4) is 0 Å². The fraction of sp³-hybridized carbons (Fsp3) is 0.650. The summed E-state index contributed by atoms with van der Waals surface area (Å²) in [4.78, 5) is 19.5. The second-order valence-electron chi connectivity index (χ2n) is 7.31. The normalized spacial score (nSPS) is 22.1. The maximum absolute atomic E-state index is 12.8. The number of amides is 1. The minimum absolute atomic E-state index is 0.0792. The molecular formula is C20H31N3O3. The number of carbonyl (C=O) groups excluding carboxylic acids is 1. The number of piperazine rings is 1. The Bertz CT molecular complexity index is 587. The lowest BCUT2D eigenvalue weighted by molar-refractivity contribution is -0.137. The number of aliphatic hydroxyl groups excluding tert-OH is 1. The number of nitrogens with zero attached hydrogens (tertiary/aromatic N) is 3. The van der Waals surface area contributed by atoms with Crippen molar-refractivity contribution in [1.29, 1.82) is 0 Å². The minimum atomic E-state index is 0.0792. The molecule has 6 heteroatoms. The van der Waals surface area contributed by atoms with Gasteiger partial charge in [0.25, 0.3) is 0 Å². The van der Waals surface area contributed by atoms with Crippen molar-refractivity contribution in [3.63, 3.8) is 0 Å². The van der Waals surface area contributed by atoms with E-state index in [4.69, 9.17) is 4.74 Å². The molecule has 1 aromatic carbocycles. The van der Waals surface area contributed by atoms with Gasteiger partial charge in [-0.05, 0) is 24.1 Å². The highest BCUT2D eigenvalue weighted by atomic mass is 16.5. The Kier molecular flexibility index (Phi) is 7.02. The zero-order valence-electron chi connectivity index (χ0n) is 15.8. The summed E-state index contributed by atoms with van der Waals surface area (Å²) in [5.41, 5.74) is 2.17. The number of likely N-dealkylation sites (tertiary alicyclic amines) is 1. The van der Waals surface area contributed by atoms with E-state index in [1.54, 1.807) is 7.11 Å². The molecule has 0 spiro atoms. The maximum atomic E-state index is 12.8. The second kappa shape index (κ2) is 9.46. The van der Waals surface area contributed by atoms with Crippen molar-refractivity contribution in [1.82, 2.24) is 14.7 Å².